The van der Waals surface area contributed by atoms with Crippen LogP contribution in [0.5, 0.6) is 0 Å². The molecule has 4 nitrogen and oxygen atoms in total. The van der Waals surface area contributed by atoms with Crippen molar-refractivity contribution in [2.45, 2.75) is 31.0 Å². The molecule has 0 amide bonds. The second-order valence-electron chi connectivity index (χ2n) is 4.62. The van der Waals surface area contributed by atoms with Gasteiger partial charge < -0.3 is 10.4 Å². The van der Waals surface area contributed by atoms with Crippen LogP contribution in [-0.2, 0) is 6.18 Å². The molecule has 19 heavy (non-hydrogen) atoms. The molecule has 1 saturated carbocycles. The lowest BCUT2D eigenvalue weighted by molar-refractivity contribution is -0.141. The van der Waals surface area contributed by atoms with Crippen molar-refractivity contribution >= 4 is 5.82 Å². The van der Waals surface area contributed by atoms with Crippen LogP contribution in [0.4, 0.5) is 19.0 Å². The molecule has 1 aliphatic rings. The first-order valence-electron chi connectivity index (χ1n) is 5.78. The van der Waals surface area contributed by atoms with E-state index in [0.29, 0.717) is 12.8 Å². The van der Waals surface area contributed by atoms with Crippen LogP contribution in [0.1, 0.15) is 30.5 Å². The van der Waals surface area contributed by atoms with E-state index in [-0.39, 0.29) is 18.0 Å². The van der Waals surface area contributed by atoms with Gasteiger partial charge in [0.15, 0.2) is 0 Å². The summed E-state index contributed by atoms with van der Waals surface area (Å²) < 4.78 is 37.8. The van der Waals surface area contributed by atoms with Gasteiger partial charge in [-0.1, -0.05) is 0 Å². The number of nitrogens with zero attached hydrogens (tertiary/aromatic N) is 2. The third-order valence-electron chi connectivity index (χ3n) is 3.30. The number of nitrogens with one attached hydrogen (secondary N) is 1. The molecule has 2 N–H and O–H groups in total. The molecule has 0 atom stereocenters. The summed E-state index contributed by atoms with van der Waals surface area (Å²) in [5.74, 6) is -0.119. The maximum Gasteiger partial charge on any atom is 0.433 e. The molecule has 1 fully saturated rings. The minimum Gasteiger partial charge on any atom is -0.394 e. The van der Waals surface area contributed by atoms with Gasteiger partial charge in [-0.25, -0.2) is 4.98 Å². The van der Waals surface area contributed by atoms with Gasteiger partial charge in [0.05, 0.1) is 17.7 Å². The highest BCUT2D eigenvalue weighted by atomic mass is 19.4. The first-order chi connectivity index (χ1) is 8.90. The highest BCUT2D eigenvalue weighted by Crippen LogP contribution is 2.36. The molecule has 7 heteroatoms. The van der Waals surface area contributed by atoms with Crippen LogP contribution < -0.4 is 5.32 Å². The number of halogens is 3. The summed E-state index contributed by atoms with van der Waals surface area (Å²) in [4.78, 5) is 3.46. The molecule has 1 aromatic rings. The van der Waals surface area contributed by atoms with Gasteiger partial charge in [0.2, 0.25) is 0 Å². The van der Waals surface area contributed by atoms with Gasteiger partial charge in [-0.05, 0) is 31.4 Å². The van der Waals surface area contributed by atoms with Crippen molar-refractivity contribution in [3.63, 3.8) is 0 Å². The SMILES string of the molecule is N#Cc1ccc(C(F)(F)F)nc1NC1(CO)CCC1. The fraction of sp³-hybridized carbons (Fsp3) is 0.500. The number of anilines is 1. The van der Waals surface area contributed by atoms with E-state index in [4.69, 9.17) is 5.26 Å². The minimum atomic E-state index is -4.56. The van der Waals surface area contributed by atoms with E-state index in [1.807, 2.05) is 0 Å². The average molecular weight is 271 g/mol. The second-order valence-corrected chi connectivity index (χ2v) is 4.62. The molecular weight excluding hydrogens is 259 g/mol. The van der Waals surface area contributed by atoms with Crippen LogP contribution in [-0.4, -0.2) is 22.2 Å². The van der Waals surface area contributed by atoms with Crippen molar-refractivity contribution in [1.29, 1.82) is 5.26 Å². The Morgan fingerprint density at radius 1 is 1.42 bits per heavy atom. The molecule has 1 heterocycles. The highest BCUT2D eigenvalue weighted by Gasteiger charge is 2.38. The van der Waals surface area contributed by atoms with Crippen molar-refractivity contribution < 1.29 is 18.3 Å². The normalized spacial score (nSPS) is 17.4. The lowest BCUT2D eigenvalue weighted by Gasteiger charge is -2.41. The Kier molecular flexibility index (Phi) is 3.37. The van der Waals surface area contributed by atoms with Crippen LogP contribution >= 0.6 is 0 Å². The molecule has 2 rings (SSSR count). The molecule has 1 aromatic heterocycles. The first kappa shape index (κ1) is 13.6. The highest BCUT2D eigenvalue weighted by molar-refractivity contribution is 5.54. The summed E-state index contributed by atoms with van der Waals surface area (Å²) in [6, 6.07) is 3.65. The Morgan fingerprint density at radius 3 is 2.53 bits per heavy atom. The Balaban J connectivity index is 2.35. The van der Waals surface area contributed by atoms with E-state index < -0.39 is 17.4 Å². The van der Waals surface area contributed by atoms with Gasteiger partial charge in [0.25, 0.3) is 0 Å². The summed E-state index contributed by atoms with van der Waals surface area (Å²) in [6.07, 6.45) is -2.39. The number of alkyl halides is 3. The number of aliphatic hydroxyl groups is 1. The number of pyridine rings is 1. The maximum absolute atomic E-state index is 12.6. The third kappa shape index (κ3) is 2.63. The van der Waals surface area contributed by atoms with Gasteiger partial charge in [-0.15, -0.1) is 0 Å². The van der Waals surface area contributed by atoms with Crippen LogP contribution in [0.25, 0.3) is 0 Å². The largest absolute Gasteiger partial charge is 0.433 e. The Morgan fingerprint density at radius 2 is 2.11 bits per heavy atom. The number of nitriles is 1. The predicted molar refractivity (Wildman–Crippen MR) is 61.2 cm³/mol. The molecule has 0 unspecified atom stereocenters. The minimum absolute atomic E-state index is 0.0349. The van der Waals surface area contributed by atoms with Crippen molar-refractivity contribution in [1.82, 2.24) is 4.98 Å². The van der Waals surface area contributed by atoms with E-state index in [2.05, 4.69) is 10.3 Å². The van der Waals surface area contributed by atoms with Crippen molar-refractivity contribution in [2.75, 3.05) is 11.9 Å². The molecule has 0 radical (unpaired) electrons. The van der Waals surface area contributed by atoms with E-state index in [9.17, 15) is 18.3 Å². The summed E-state index contributed by atoms with van der Waals surface area (Å²) in [7, 11) is 0. The van der Waals surface area contributed by atoms with Crippen molar-refractivity contribution in [3.8, 4) is 6.07 Å². The Labute approximate surface area is 107 Å². The maximum atomic E-state index is 12.6. The van der Waals surface area contributed by atoms with Gasteiger partial charge in [-0.3, -0.25) is 0 Å². The summed E-state index contributed by atoms with van der Waals surface area (Å²) in [6.45, 7) is -0.199. The zero-order chi connectivity index (χ0) is 14.1. The quantitative estimate of drug-likeness (QED) is 0.885. The topological polar surface area (TPSA) is 68.9 Å². The Hall–Kier alpha value is -1.81. The van der Waals surface area contributed by atoms with Crippen LogP contribution in [0.15, 0.2) is 12.1 Å². The van der Waals surface area contributed by atoms with Gasteiger partial charge >= 0.3 is 6.18 Å². The molecule has 0 spiro atoms. The van der Waals surface area contributed by atoms with Crippen molar-refractivity contribution in [3.05, 3.63) is 23.4 Å². The number of hydrogen-bond donors (Lipinski definition) is 2. The third-order valence-corrected chi connectivity index (χ3v) is 3.30. The zero-order valence-electron chi connectivity index (χ0n) is 9.96. The van der Waals surface area contributed by atoms with E-state index in [0.717, 1.165) is 18.6 Å². The number of hydrogen-bond acceptors (Lipinski definition) is 4. The monoisotopic (exact) mass is 271 g/mol. The lowest BCUT2D eigenvalue weighted by Crippen LogP contribution is -2.48. The molecule has 0 bridgehead atoms. The molecule has 0 aromatic carbocycles. The number of rotatable bonds is 3. The molecule has 1 aliphatic carbocycles. The first-order valence-corrected chi connectivity index (χ1v) is 5.78. The standard InChI is InChI=1S/C12H12F3N3O/c13-12(14,15)9-3-2-8(6-16)10(17-9)18-11(7-19)4-1-5-11/h2-3,19H,1,4-5,7H2,(H,17,18). The van der Waals surface area contributed by atoms with Crippen molar-refractivity contribution in [2.24, 2.45) is 0 Å². The zero-order valence-corrected chi connectivity index (χ0v) is 9.96. The summed E-state index contributed by atoms with van der Waals surface area (Å²) in [5, 5.41) is 21.0. The average Bonchev–Trinajstić information content (AvgIpc) is 2.32. The fourth-order valence-corrected chi connectivity index (χ4v) is 1.98. The van der Waals surface area contributed by atoms with E-state index in [1.54, 1.807) is 6.07 Å². The van der Waals surface area contributed by atoms with Crippen LogP contribution in [0.2, 0.25) is 0 Å². The number of aliphatic hydroxyl groups excluding tert-OH is 1. The molecular formula is C12H12F3N3O. The predicted octanol–water partition coefficient (Wildman–Crippen LogP) is 2.30. The fourth-order valence-electron chi connectivity index (χ4n) is 1.98. The van der Waals surface area contributed by atoms with Gasteiger partial charge in [0, 0.05) is 0 Å². The molecule has 0 saturated heterocycles. The van der Waals surface area contributed by atoms with Gasteiger partial charge in [0.1, 0.15) is 17.6 Å². The van der Waals surface area contributed by atoms with E-state index >= 15 is 0 Å². The molecule has 0 aliphatic heterocycles. The molecule has 102 valence electrons. The lowest BCUT2D eigenvalue weighted by atomic mass is 9.77. The Bertz CT molecular complexity index is 512. The van der Waals surface area contributed by atoms with Crippen LogP contribution in [0.3, 0.4) is 0 Å². The number of aromatic nitrogens is 1. The van der Waals surface area contributed by atoms with Crippen LogP contribution in [0, 0.1) is 11.3 Å². The second kappa shape index (κ2) is 4.70. The summed E-state index contributed by atoms with van der Waals surface area (Å²) >= 11 is 0. The summed E-state index contributed by atoms with van der Waals surface area (Å²) in [5.41, 5.74) is -1.67. The van der Waals surface area contributed by atoms with Gasteiger partial charge in [-0.2, -0.15) is 18.4 Å². The van der Waals surface area contributed by atoms with E-state index in [1.165, 1.54) is 0 Å². The smallest absolute Gasteiger partial charge is 0.394 e.